The maximum atomic E-state index is 13.5. The van der Waals surface area contributed by atoms with Gasteiger partial charge in [-0.2, -0.15) is 4.39 Å². The van der Waals surface area contributed by atoms with Crippen molar-refractivity contribution in [3.05, 3.63) is 29.8 Å². The topological polar surface area (TPSA) is 21.3 Å². The molecule has 1 N–H and O–H groups in total. The molecule has 2 nitrogen and oxygen atoms in total. The van der Waals surface area contributed by atoms with E-state index in [9.17, 15) is 8.78 Å². The molecule has 0 amide bonds. The molecule has 1 aliphatic rings. The maximum absolute atomic E-state index is 13.5. The number of benzene rings is 1. The highest BCUT2D eigenvalue weighted by Gasteiger charge is 2.24. The second-order valence-corrected chi connectivity index (χ2v) is 5.11. The highest BCUT2D eigenvalue weighted by molar-refractivity contribution is 5.25. The summed E-state index contributed by atoms with van der Waals surface area (Å²) in [6.45, 7) is 3.12. The number of hydrogen-bond donors (Lipinski definition) is 1. The van der Waals surface area contributed by atoms with Gasteiger partial charge in [-0.1, -0.05) is 13.0 Å². The summed E-state index contributed by atoms with van der Waals surface area (Å²) in [5.74, 6) is -1.71. The molecule has 0 spiro atoms. The highest BCUT2D eigenvalue weighted by atomic mass is 19.2. The Morgan fingerprint density at radius 2 is 2.16 bits per heavy atom. The van der Waals surface area contributed by atoms with E-state index in [4.69, 9.17) is 4.74 Å². The van der Waals surface area contributed by atoms with E-state index >= 15 is 0 Å². The first kappa shape index (κ1) is 14.3. The molecule has 4 heteroatoms. The van der Waals surface area contributed by atoms with Crippen molar-refractivity contribution < 1.29 is 13.5 Å². The van der Waals surface area contributed by atoms with Gasteiger partial charge in [-0.15, -0.1) is 0 Å². The van der Waals surface area contributed by atoms with Crippen molar-refractivity contribution in [2.45, 2.75) is 51.2 Å². The van der Waals surface area contributed by atoms with E-state index in [1.54, 1.807) is 0 Å². The zero-order valence-electron chi connectivity index (χ0n) is 11.3. The largest absolute Gasteiger partial charge is 0.487 e. The van der Waals surface area contributed by atoms with Crippen LogP contribution >= 0.6 is 0 Å². The molecule has 0 saturated heterocycles. The lowest BCUT2D eigenvalue weighted by Crippen LogP contribution is -2.38. The van der Waals surface area contributed by atoms with Crippen molar-refractivity contribution in [3.63, 3.8) is 0 Å². The molecule has 1 fully saturated rings. The Kier molecular flexibility index (Phi) is 5.14. The molecule has 0 aromatic heterocycles. The third-order valence-corrected chi connectivity index (χ3v) is 3.52. The maximum Gasteiger partial charge on any atom is 0.200 e. The Morgan fingerprint density at radius 3 is 2.95 bits per heavy atom. The zero-order chi connectivity index (χ0) is 13.7. The molecular formula is C15H21F2NO. The summed E-state index contributed by atoms with van der Waals surface area (Å²) in [6.07, 6.45) is 5.02. The summed E-state index contributed by atoms with van der Waals surface area (Å²) in [6, 6.07) is 4.50. The average molecular weight is 269 g/mol. The number of nitrogens with one attached hydrogen (secondary N) is 1. The molecule has 0 radical (unpaired) electrons. The molecule has 0 heterocycles. The molecule has 2 atom stereocenters. The van der Waals surface area contributed by atoms with Crippen LogP contribution in [0.1, 0.15) is 39.0 Å². The Morgan fingerprint density at radius 1 is 1.32 bits per heavy atom. The van der Waals surface area contributed by atoms with Gasteiger partial charge in [0.15, 0.2) is 11.6 Å². The van der Waals surface area contributed by atoms with Crippen molar-refractivity contribution in [1.82, 2.24) is 5.32 Å². The predicted octanol–water partition coefficient (Wildman–Crippen LogP) is 3.65. The zero-order valence-corrected chi connectivity index (χ0v) is 11.3. The van der Waals surface area contributed by atoms with Gasteiger partial charge in [0.2, 0.25) is 5.82 Å². The van der Waals surface area contributed by atoms with E-state index in [1.807, 2.05) is 0 Å². The fourth-order valence-electron chi connectivity index (χ4n) is 2.54. The molecule has 19 heavy (non-hydrogen) atoms. The van der Waals surface area contributed by atoms with Gasteiger partial charge in [0.25, 0.3) is 0 Å². The molecule has 1 saturated carbocycles. The van der Waals surface area contributed by atoms with Crippen LogP contribution in [0.25, 0.3) is 0 Å². The van der Waals surface area contributed by atoms with Crippen molar-refractivity contribution in [2.24, 2.45) is 0 Å². The Labute approximate surface area is 113 Å². The fourth-order valence-corrected chi connectivity index (χ4v) is 2.54. The van der Waals surface area contributed by atoms with Gasteiger partial charge >= 0.3 is 0 Å². The molecule has 1 aromatic rings. The lowest BCUT2D eigenvalue weighted by molar-refractivity contribution is 0.128. The summed E-state index contributed by atoms with van der Waals surface area (Å²) in [5.41, 5.74) is 0. The van der Waals surface area contributed by atoms with E-state index in [2.05, 4.69) is 12.2 Å². The Hall–Kier alpha value is -1.16. The summed E-state index contributed by atoms with van der Waals surface area (Å²) >= 11 is 0. The second-order valence-electron chi connectivity index (χ2n) is 5.11. The molecule has 0 bridgehead atoms. The molecule has 0 aliphatic heterocycles. The van der Waals surface area contributed by atoms with Crippen LogP contribution in [0.15, 0.2) is 18.2 Å². The van der Waals surface area contributed by atoms with Crippen molar-refractivity contribution in [1.29, 1.82) is 0 Å². The molecule has 106 valence electrons. The first-order valence-corrected chi connectivity index (χ1v) is 7.04. The smallest absolute Gasteiger partial charge is 0.200 e. The average Bonchev–Trinajstić information content (AvgIpc) is 2.42. The van der Waals surface area contributed by atoms with Gasteiger partial charge in [-0.25, -0.2) is 4.39 Å². The Balaban J connectivity index is 1.93. The van der Waals surface area contributed by atoms with E-state index < -0.39 is 11.6 Å². The van der Waals surface area contributed by atoms with Crippen LogP contribution in [-0.4, -0.2) is 18.7 Å². The van der Waals surface area contributed by atoms with E-state index in [-0.39, 0.29) is 11.9 Å². The monoisotopic (exact) mass is 269 g/mol. The van der Waals surface area contributed by atoms with Crippen LogP contribution in [0.5, 0.6) is 5.75 Å². The highest BCUT2D eigenvalue weighted by Crippen LogP contribution is 2.26. The van der Waals surface area contributed by atoms with Crippen LogP contribution in [0, 0.1) is 11.6 Å². The normalized spacial score (nSPS) is 23.3. The predicted molar refractivity (Wildman–Crippen MR) is 71.3 cm³/mol. The van der Waals surface area contributed by atoms with Gasteiger partial charge < -0.3 is 10.1 Å². The van der Waals surface area contributed by atoms with Crippen molar-refractivity contribution in [3.8, 4) is 5.75 Å². The van der Waals surface area contributed by atoms with Crippen LogP contribution in [0.3, 0.4) is 0 Å². The minimum atomic E-state index is -0.883. The lowest BCUT2D eigenvalue weighted by Gasteiger charge is -2.30. The molecule has 1 aliphatic carbocycles. The SMILES string of the molecule is CCCNC1CCCC(Oc2cccc(F)c2F)C1. The number of rotatable bonds is 5. The minimum absolute atomic E-state index is 0.0283. The van der Waals surface area contributed by atoms with Crippen molar-refractivity contribution >= 4 is 0 Å². The third-order valence-electron chi connectivity index (χ3n) is 3.52. The van der Waals surface area contributed by atoms with Crippen LogP contribution in [0.2, 0.25) is 0 Å². The summed E-state index contributed by atoms with van der Waals surface area (Å²) < 4.78 is 32.3. The van der Waals surface area contributed by atoms with E-state index in [0.717, 1.165) is 44.7 Å². The number of hydrogen-bond acceptors (Lipinski definition) is 2. The second kappa shape index (κ2) is 6.85. The summed E-state index contributed by atoms with van der Waals surface area (Å²) in [7, 11) is 0. The van der Waals surface area contributed by atoms with Gasteiger partial charge in [0.05, 0.1) is 0 Å². The molecule has 2 unspecified atom stereocenters. The van der Waals surface area contributed by atoms with Gasteiger partial charge in [-0.05, 0) is 50.8 Å². The summed E-state index contributed by atoms with van der Waals surface area (Å²) in [5, 5.41) is 3.47. The van der Waals surface area contributed by atoms with Gasteiger partial charge in [0.1, 0.15) is 6.10 Å². The molecular weight excluding hydrogens is 248 g/mol. The lowest BCUT2D eigenvalue weighted by atomic mass is 9.92. The summed E-state index contributed by atoms with van der Waals surface area (Å²) in [4.78, 5) is 0. The van der Waals surface area contributed by atoms with E-state index in [1.165, 1.54) is 12.1 Å². The first-order chi connectivity index (χ1) is 9.20. The van der Waals surface area contributed by atoms with Crippen LogP contribution in [0.4, 0.5) is 8.78 Å². The minimum Gasteiger partial charge on any atom is -0.487 e. The Bertz CT molecular complexity index is 411. The first-order valence-electron chi connectivity index (χ1n) is 7.04. The molecule has 2 rings (SSSR count). The number of halogens is 2. The van der Waals surface area contributed by atoms with Crippen LogP contribution < -0.4 is 10.1 Å². The van der Waals surface area contributed by atoms with Crippen molar-refractivity contribution in [2.75, 3.05) is 6.54 Å². The standard InChI is InChI=1S/C15H21F2NO/c1-2-9-18-11-5-3-6-12(10-11)19-14-8-4-7-13(16)15(14)17/h4,7-8,11-12,18H,2-3,5-6,9-10H2,1H3. The fraction of sp³-hybridized carbons (Fsp3) is 0.600. The number of ether oxygens (including phenoxy) is 1. The van der Waals surface area contributed by atoms with E-state index in [0.29, 0.717) is 6.04 Å². The van der Waals surface area contributed by atoms with Gasteiger partial charge in [0, 0.05) is 6.04 Å². The molecule has 1 aromatic carbocycles. The quantitative estimate of drug-likeness (QED) is 0.881. The van der Waals surface area contributed by atoms with Crippen LogP contribution in [-0.2, 0) is 0 Å². The third kappa shape index (κ3) is 3.90. The van der Waals surface area contributed by atoms with Gasteiger partial charge in [-0.3, -0.25) is 0 Å².